The standard InChI is InChI=1S/C12H16FN/c1-2-9-6-10(8-11(13)7-9)12(14)4-3-5-12/h6-8H,2-5,14H2,1H3. The van der Waals surface area contributed by atoms with Gasteiger partial charge in [0.25, 0.3) is 0 Å². The van der Waals surface area contributed by atoms with Gasteiger partial charge in [0.2, 0.25) is 0 Å². The van der Waals surface area contributed by atoms with Gasteiger partial charge in [0.15, 0.2) is 0 Å². The predicted octanol–water partition coefficient (Wildman–Crippen LogP) is 2.73. The molecule has 0 saturated heterocycles. The lowest BCUT2D eigenvalue weighted by atomic mass is 9.72. The molecule has 0 atom stereocenters. The molecule has 1 aliphatic rings. The van der Waals surface area contributed by atoms with Gasteiger partial charge >= 0.3 is 0 Å². The van der Waals surface area contributed by atoms with E-state index in [0.717, 1.165) is 36.8 Å². The molecule has 0 bridgehead atoms. The van der Waals surface area contributed by atoms with Crippen molar-refractivity contribution in [2.75, 3.05) is 0 Å². The lowest BCUT2D eigenvalue weighted by Crippen LogP contribution is -2.43. The maximum atomic E-state index is 13.2. The Balaban J connectivity index is 2.37. The molecule has 1 fully saturated rings. The monoisotopic (exact) mass is 193 g/mol. The van der Waals surface area contributed by atoms with E-state index in [0.29, 0.717) is 0 Å². The van der Waals surface area contributed by atoms with Gasteiger partial charge in [-0.15, -0.1) is 0 Å². The van der Waals surface area contributed by atoms with E-state index < -0.39 is 0 Å². The summed E-state index contributed by atoms with van der Waals surface area (Å²) in [7, 11) is 0. The van der Waals surface area contributed by atoms with Crippen LogP contribution < -0.4 is 5.73 Å². The van der Waals surface area contributed by atoms with Gasteiger partial charge in [0.1, 0.15) is 5.82 Å². The second-order valence-corrected chi connectivity index (χ2v) is 4.21. The van der Waals surface area contributed by atoms with Crippen LogP contribution in [0.15, 0.2) is 18.2 Å². The number of hydrogen-bond donors (Lipinski definition) is 1. The molecule has 0 amide bonds. The second-order valence-electron chi connectivity index (χ2n) is 4.21. The van der Waals surface area contributed by atoms with Crippen molar-refractivity contribution in [1.29, 1.82) is 0 Å². The van der Waals surface area contributed by atoms with Gasteiger partial charge in [-0.1, -0.05) is 13.0 Å². The molecule has 1 aromatic rings. The highest BCUT2D eigenvalue weighted by molar-refractivity contribution is 5.31. The average molecular weight is 193 g/mol. The molecule has 14 heavy (non-hydrogen) atoms. The van der Waals surface area contributed by atoms with Gasteiger partial charge in [-0.25, -0.2) is 4.39 Å². The number of rotatable bonds is 2. The van der Waals surface area contributed by atoms with E-state index in [1.54, 1.807) is 12.1 Å². The quantitative estimate of drug-likeness (QED) is 0.767. The van der Waals surface area contributed by atoms with Crippen molar-refractivity contribution in [2.24, 2.45) is 5.73 Å². The number of benzene rings is 1. The second kappa shape index (κ2) is 3.35. The summed E-state index contributed by atoms with van der Waals surface area (Å²) in [5.74, 6) is -0.156. The third-order valence-electron chi connectivity index (χ3n) is 3.19. The molecule has 0 radical (unpaired) electrons. The van der Waals surface area contributed by atoms with Crippen molar-refractivity contribution in [3.05, 3.63) is 35.1 Å². The Labute approximate surface area is 84.1 Å². The molecule has 2 heteroatoms. The molecule has 76 valence electrons. The minimum Gasteiger partial charge on any atom is -0.321 e. The Hall–Kier alpha value is -0.890. The van der Waals surface area contributed by atoms with Gasteiger partial charge < -0.3 is 5.73 Å². The summed E-state index contributed by atoms with van der Waals surface area (Å²) in [5, 5.41) is 0. The lowest BCUT2D eigenvalue weighted by molar-refractivity contribution is 0.252. The van der Waals surface area contributed by atoms with E-state index in [-0.39, 0.29) is 11.4 Å². The molecule has 2 N–H and O–H groups in total. The summed E-state index contributed by atoms with van der Waals surface area (Å²) < 4.78 is 13.2. The zero-order valence-electron chi connectivity index (χ0n) is 8.52. The summed E-state index contributed by atoms with van der Waals surface area (Å²) in [6, 6.07) is 5.21. The van der Waals surface area contributed by atoms with Crippen molar-refractivity contribution < 1.29 is 4.39 Å². The van der Waals surface area contributed by atoms with Crippen LogP contribution in [0.25, 0.3) is 0 Å². The number of aryl methyl sites for hydroxylation is 1. The summed E-state index contributed by atoms with van der Waals surface area (Å²) in [4.78, 5) is 0. The van der Waals surface area contributed by atoms with Gasteiger partial charge in [-0.3, -0.25) is 0 Å². The first kappa shape index (κ1) is 9.66. The fourth-order valence-electron chi connectivity index (χ4n) is 1.99. The molecule has 1 nitrogen and oxygen atoms in total. The number of halogens is 1. The Kier molecular flexibility index (Phi) is 2.31. The van der Waals surface area contributed by atoms with E-state index in [1.165, 1.54) is 0 Å². The Morgan fingerprint density at radius 2 is 2.07 bits per heavy atom. The Morgan fingerprint density at radius 1 is 1.36 bits per heavy atom. The zero-order chi connectivity index (χ0) is 10.2. The van der Waals surface area contributed by atoms with Crippen LogP contribution in [0.2, 0.25) is 0 Å². The Bertz CT molecular complexity index is 342. The minimum absolute atomic E-state index is 0.156. The first-order valence-corrected chi connectivity index (χ1v) is 5.23. The predicted molar refractivity (Wildman–Crippen MR) is 55.5 cm³/mol. The van der Waals surface area contributed by atoms with Crippen LogP contribution >= 0.6 is 0 Å². The molecule has 0 aromatic heterocycles. The first-order valence-electron chi connectivity index (χ1n) is 5.23. The van der Waals surface area contributed by atoms with Crippen LogP contribution in [-0.4, -0.2) is 0 Å². The molecule has 1 aromatic carbocycles. The van der Waals surface area contributed by atoms with Crippen LogP contribution in [0.5, 0.6) is 0 Å². The topological polar surface area (TPSA) is 26.0 Å². The lowest BCUT2D eigenvalue weighted by Gasteiger charge is -2.38. The normalized spacial score (nSPS) is 19.1. The average Bonchev–Trinajstić information content (AvgIpc) is 2.13. The fourth-order valence-corrected chi connectivity index (χ4v) is 1.99. The van der Waals surface area contributed by atoms with E-state index in [4.69, 9.17) is 5.73 Å². The third kappa shape index (κ3) is 1.55. The molecule has 0 unspecified atom stereocenters. The summed E-state index contributed by atoms with van der Waals surface area (Å²) in [5.41, 5.74) is 7.92. The number of hydrogen-bond acceptors (Lipinski definition) is 1. The van der Waals surface area contributed by atoms with Gasteiger partial charge in [0.05, 0.1) is 0 Å². The van der Waals surface area contributed by atoms with E-state index in [1.807, 2.05) is 13.0 Å². The first-order chi connectivity index (χ1) is 6.64. The van der Waals surface area contributed by atoms with Gasteiger partial charge in [-0.2, -0.15) is 0 Å². The SMILES string of the molecule is CCc1cc(F)cc(C2(N)CCC2)c1. The highest BCUT2D eigenvalue weighted by Crippen LogP contribution is 2.39. The fraction of sp³-hybridized carbons (Fsp3) is 0.500. The van der Waals surface area contributed by atoms with Crippen molar-refractivity contribution in [1.82, 2.24) is 0 Å². The molecule has 2 rings (SSSR count). The van der Waals surface area contributed by atoms with E-state index in [2.05, 4.69) is 0 Å². The van der Waals surface area contributed by atoms with Gasteiger partial charge in [-0.05, 0) is 48.9 Å². The smallest absolute Gasteiger partial charge is 0.123 e. The molecule has 0 spiro atoms. The molecule has 1 aliphatic carbocycles. The van der Waals surface area contributed by atoms with E-state index in [9.17, 15) is 4.39 Å². The van der Waals surface area contributed by atoms with Crippen LogP contribution in [0.1, 0.15) is 37.3 Å². The highest BCUT2D eigenvalue weighted by atomic mass is 19.1. The van der Waals surface area contributed by atoms with Crippen molar-refractivity contribution in [3.8, 4) is 0 Å². The molecule has 0 heterocycles. The molecule has 1 saturated carbocycles. The zero-order valence-corrected chi connectivity index (χ0v) is 8.52. The summed E-state index contributed by atoms with van der Waals surface area (Å²) >= 11 is 0. The minimum atomic E-state index is -0.244. The van der Waals surface area contributed by atoms with E-state index >= 15 is 0 Å². The summed E-state index contributed by atoms with van der Waals surface area (Å²) in [6.07, 6.45) is 3.99. The number of nitrogens with two attached hydrogens (primary N) is 1. The van der Waals surface area contributed by atoms with Crippen LogP contribution in [-0.2, 0) is 12.0 Å². The largest absolute Gasteiger partial charge is 0.321 e. The van der Waals surface area contributed by atoms with Crippen molar-refractivity contribution in [3.63, 3.8) is 0 Å². The van der Waals surface area contributed by atoms with Crippen LogP contribution in [0.4, 0.5) is 4.39 Å². The molecular formula is C12H16FN. The Morgan fingerprint density at radius 3 is 2.57 bits per heavy atom. The molecular weight excluding hydrogens is 177 g/mol. The maximum absolute atomic E-state index is 13.2. The van der Waals surface area contributed by atoms with Crippen LogP contribution in [0.3, 0.4) is 0 Å². The van der Waals surface area contributed by atoms with Crippen LogP contribution in [0, 0.1) is 5.82 Å². The summed E-state index contributed by atoms with van der Waals surface area (Å²) in [6.45, 7) is 2.03. The van der Waals surface area contributed by atoms with Gasteiger partial charge in [0, 0.05) is 5.54 Å². The third-order valence-corrected chi connectivity index (χ3v) is 3.19. The van der Waals surface area contributed by atoms with Crippen molar-refractivity contribution >= 4 is 0 Å². The highest BCUT2D eigenvalue weighted by Gasteiger charge is 2.34. The van der Waals surface area contributed by atoms with Crippen molar-refractivity contribution in [2.45, 2.75) is 38.1 Å². The maximum Gasteiger partial charge on any atom is 0.123 e. The molecule has 0 aliphatic heterocycles.